The van der Waals surface area contributed by atoms with Crippen molar-refractivity contribution < 1.29 is 27.8 Å². The van der Waals surface area contributed by atoms with Crippen LogP contribution in [-0.2, 0) is 28.9 Å². The standard InChI is InChI=1S/C24H29F2N3O4/c1-3-19-21-20(11-24(14-27-22(21)30)6-8-32-9-7-24)29(28-19)12-15(2)13-33-23(31)16-4-5-17(25)18(26)10-16/h4-5,10,15H,3,6-9,11-14H2,1-2H3,(H,27,30)/t15-/m1/s1. The van der Waals surface area contributed by atoms with Crippen molar-refractivity contribution in [2.45, 2.75) is 46.1 Å². The number of aromatic nitrogens is 2. The predicted molar refractivity (Wildman–Crippen MR) is 116 cm³/mol. The van der Waals surface area contributed by atoms with E-state index in [0.717, 1.165) is 42.8 Å². The fourth-order valence-electron chi connectivity index (χ4n) is 4.60. The second-order valence-electron chi connectivity index (χ2n) is 9.11. The summed E-state index contributed by atoms with van der Waals surface area (Å²) >= 11 is 0. The van der Waals surface area contributed by atoms with E-state index in [1.54, 1.807) is 0 Å². The first-order chi connectivity index (χ1) is 15.8. The number of fused-ring (bicyclic) bond motifs is 1. The molecule has 0 saturated carbocycles. The molecule has 0 aliphatic carbocycles. The van der Waals surface area contributed by atoms with Crippen molar-refractivity contribution >= 4 is 11.9 Å². The van der Waals surface area contributed by atoms with E-state index in [1.165, 1.54) is 6.07 Å². The van der Waals surface area contributed by atoms with Crippen LogP contribution in [0.2, 0.25) is 0 Å². The lowest BCUT2D eigenvalue weighted by atomic mass is 9.76. The van der Waals surface area contributed by atoms with E-state index in [0.29, 0.717) is 38.3 Å². The Bertz CT molecular complexity index is 1050. The average Bonchev–Trinajstić information content (AvgIpc) is 3.07. The Morgan fingerprint density at radius 1 is 1.30 bits per heavy atom. The van der Waals surface area contributed by atoms with Crippen molar-refractivity contribution in [2.24, 2.45) is 11.3 Å². The van der Waals surface area contributed by atoms with E-state index in [1.807, 2.05) is 18.5 Å². The van der Waals surface area contributed by atoms with Crippen LogP contribution >= 0.6 is 0 Å². The van der Waals surface area contributed by atoms with E-state index >= 15 is 0 Å². The zero-order chi connectivity index (χ0) is 23.6. The van der Waals surface area contributed by atoms with E-state index in [2.05, 4.69) is 5.32 Å². The summed E-state index contributed by atoms with van der Waals surface area (Å²) in [6, 6.07) is 2.92. The third kappa shape index (κ3) is 4.93. The topological polar surface area (TPSA) is 82.5 Å². The lowest BCUT2D eigenvalue weighted by Gasteiger charge is -2.36. The van der Waals surface area contributed by atoms with Crippen molar-refractivity contribution in [1.82, 2.24) is 15.1 Å². The Balaban J connectivity index is 1.49. The van der Waals surface area contributed by atoms with E-state index in [9.17, 15) is 18.4 Å². The molecule has 0 bridgehead atoms. The number of hydrogen-bond donors (Lipinski definition) is 1. The van der Waals surface area contributed by atoms with Gasteiger partial charge in [-0.15, -0.1) is 0 Å². The summed E-state index contributed by atoms with van der Waals surface area (Å²) in [6.45, 7) is 6.41. The number of hydrogen-bond acceptors (Lipinski definition) is 5. The van der Waals surface area contributed by atoms with Crippen molar-refractivity contribution in [3.63, 3.8) is 0 Å². The van der Waals surface area contributed by atoms with Gasteiger partial charge < -0.3 is 14.8 Å². The van der Waals surface area contributed by atoms with Gasteiger partial charge in [0.2, 0.25) is 0 Å². The molecule has 2 aliphatic heterocycles. The van der Waals surface area contributed by atoms with Gasteiger partial charge in [-0.1, -0.05) is 13.8 Å². The number of ether oxygens (including phenoxy) is 2. The molecular formula is C24H29F2N3O4. The summed E-state index contributed by atoms with van der Waals surface area (Å²) in [5.74, 6) is -3.02. The van der Waals surface area contributed by atoms with Crippen LogP contribution in [0.3, 0.4) is 0 Å². The Labute approximate surface area is 191 Å². The molecule has 4 rings (SSSR count). The molecule has 0 radical (unpaired) electrons. The number of benzene rings is 1. The number of carbonyl (C=O) groups excluding carboxylic acids is 2. The summed E-state index contributed by atoms with van der Waals surface area (Å²) in [5.41, 5.74) is 2.25. The Kier molecular flexibility index (Phi) is 6.78. The maximum absolute atomic E-state index is 13.4. The molecular weight excluding hydrogens is 432 g/mol. The van der Waals surface area contributed by atoms with Crippen LogP contribution in [0.1, 0.15) is 58.8 Å². The molecule has 1 aromatic carbocycles. The second-order valence-corrected chi connectivity index (χ2v) is 9.11. The SMILES string of the molecule is CCc1nn(C[C@@H](C)COC(=O)c2ccc(F)c(F)c2)c2c1C(=O)NCC1(CCOCC1)C2. The lowest BCUT2D eigenvalue weighted by Crippen LogP contribution is -2.41. The Morgan fingerprint density at radius 2 is 2.06 bits per heavy atom. The zero-order valence-electron chi connectivity index (χ0n) is 19.0. The molecule has 1 N–H and O–H groups in total. The molecule has 33 heavy (non-hydrogen) atoms. The Morgan fingerprint density at radius 3 is 2.76 bits per heavy atom. The first kappa shape index (κ1) is 23.4. The number of esters is 1. The van der Waals surface area contributed by atoms with Crippen LogP contribution in [0.4, 0.5) is 8.78 Å². The van der Waals surface area contributed by atoms with E-state index in [-0.39, 0.29) is 29.4 Å². The average molecular weight is 462 g/mol. The van der Waals surface area contributed by atoms with Gasteiger partial charge in [0.15, 0.2) is 11.6 Å². The van der Waals surface area contributed by atoms with Gasteiger partial charge in [-0.2, -0.15) is 5.10 Å². The van der Waals surface area contributed by atoms with Gasteiger partial charge in [0, 0.05) is 32.2 Å². The minimum atomic E-state index is -1.09. The van der Waals surface area contributed by atoms with Crippen LogP contribution in [0.25, 0.3) is 0 Å². The van der Waals surface area contributed by atoms with Crippen molar-refractivity contribution in [1.29, 1.82) is 0 Å². The minimum absolute atomic E-state index is 0.0412. The molecule has 1 atom stereocenters. The largest absolute Gasteiger partial charge is 0.462 e. The van der Waals surface area contributed by atoms with Gasteiger partial charge in [-0.3, -0.25) is 9.48 Å². The molecule has 0 unspecified atom stereocenters. The highest BCUT2D eigenvalue weighted by Gasteiger charge is 2.39. The molecule has 2 aliphatic rings. The van der Waals surface area contributed by atoms with Crippen LogP contribution < -0.4 is 5.32 Å². The third-order valence-corrected chi connectivity index (χ3v) is 6.55. The fourth-order valence-corrected chi connectivity index (χ4v) is 4.60. The number of aryl methyl sites for hydroxylation is 1. The fraction of sp³-hybridized carbons (Fsp3) is 0.542. The van der Waals surface area contributed by atoms with Gasteiger partial charge in [-0.05, 0) is 49.3 Å². The molecule has 1 aromatic heterocycles. The summed E-state index contributed by atoms with van der Waals surface area (Å²) in [6.07, 6.45) is 3.12. The summed E-state index contributed by atoms with van der Waals surface area (Å²) in [7, 11) is 0. The summed E-state index contributed by atoms with van der Waals surface area (Å²) in [4.78, 5) is 25.2. The minimum Gasteiger partial charge on any atom is -0.462 e. The van der Waals surface area contributed by atoms with Crippen LogP contribution in [-0.4, -0.2) is 48.0 Å². The highest BCUT2D eigenvalue weighted by Crippen LogP contribution is 2.37. The number of nitrogens with one attached hydrogen (secondary N) is 1. The molecule has 1 fully saturated rings. The maximum atomic E-state index is 13.4. The molecule has 1 spiro atoms. The third-order valence-electron chi connectivity index (χ3n) is 6.55. The number of rotatable bonds is 6. The highest BCUT2D eigenvalue weighted by atomic mass is 19.2. The van der Waals surface area contributed by atoms with Gasteiger partial charge >= 0.3 is 5.97 Å². The van der Waals surface area contributed by atoms with Crippen LogP contribution in [0.15, 0.2) is 18.2 Å². The second kappa shape index (κ2) is 9.59. The summed E-state index contributed by atoms with van der Waals surface area (Å²) in [5, 5.41) is 7.81. The zero-order valence-corrected chi connectivity index (χ0v) is 19.0. The first-order valence-electron chi connectivity index (χ1n) is 11.4. The quantitative estimate of drug-likeness (QED) is 0.668. The van der Waals surface area contributed by atoms with Gasteiger partial charge in [-0.25, -0.2) is 13.6 Å². The van der Waals surface area contributed by atoms with Crippen molar-refractivity contribution in [3.8, 4) is 0 Å². The molecule has 1 saturated heterocycles. The van der Waals surface area contributed by atoms with Crippen LogP contribution in [0, 0.1) is 23.0 Å². The maximum Gasteiger partial charge on any atom is 0.338 e. The van der Waals surface area contributed by atoms with Gasteiger partial charge in [0.05, 0.1) is 29.1 Å². The monoisotopic (exact) mass is 461 g/mol. The van der Waals surface area contributed by atoms with Crippen molar-refractivity contribution in [2.75, 3.05) is 26.4 Å². The van der Waals surface area contributed by atoms with Gasteiger partial charge in [0.25, 0.3) is 5.91 Å². The number of amides is 1. The number of carbonyl (C=O) groups is 2. The molecule has 3 heterocycles. The predicted octanol–water partition coefficient (Wildman–Crippen LogP) is 3.30. The molecule has 9 heteroatoms. The van der Waals surface area contributed by atoms with Gasteiger partial charge in [0.1, 0.15) is 0 Å². The van der Waals surface area contributed by atoms with E-state index < -0.39 is 17.6 Å². The molecule has 178 valence electrons. The molecule has 2 aromatic rings. The molecule has 1 amide bonds. The smallest absolute Gasteiger partial charge is 0.338 e. The first-order valence-corrected chi connectivity index (χ1v) is 11.4. The van der Waals surface area contributed by atoms with Crippen molar-refractivity contribution in [3.05, 3.63) is 52.3 Å². The molecule has 7 nitrogen and oxygen atoms in total. The number of halogens is 2. The van der Waals surface area contributed by atoms with Crippen LogP contribution in [0.5, 0.6) is 0 Å². The Hall–Kier alpha value is -2.81. The lowest BCUT2D eigenvalue weighted by molar-refractivity contribution is 0.0151. The normalized spacial score (nSPS) is 18.4. The number of nitrogens with zero attached hydrogens (tertiary/aromatic N) is 2. The summed E-state index contributed by atoms with van der Waals surface area (Å²) < 4.78 is 39.3. The highest BCUT2D eigenvalue weighted by molar-refractivity contribution is 5.97. The van der Waals surface area contributed by atoms with E-state index in [4.69, 9.17) is 14.6 Å².